The van der Waals surface area contributed by atoms with Crippen LogP contribution < -0.4 is 0 Å². The van der Waals surface area contributed by atoms with E-state index in [-0.39, 0.29) is 5.69 Å². The maximum Gasteiger partial charge on any atom is 0.358 e. The summed E-state index contributed by atoms with van der Waals surface area (Å²) in [5.74, 6) is -0.452. The second-order valence-electron chi connectivity index (χ2n) is 3.72. The molecule has 0 bridgehead atoms. The molecule has 0 aliphatic carbocycles. The smallest absolute Gasteiger partial charge is 0.358 e. The summed E-state index contributed by atoms with van der Waals surface area (Å²) in [6.07, 6.45) is 2.82. The fraction of sp³-hybridized carbons (Fsp3) is 0.444. The molecule has 0 saturated carbocycles. The summed E-state index contributed by atoms with van der Waals surface area (Å²) >= 11 is 3.18. The van der Waals surface area contributed by atoms with Crippen LogP contribution in [0.5, 0.6) is 0 Å². The van der Waals surface area contributed by atoms with Gasteiger partial charge in [0, 0.05) is 6.20 Å². The Morgan fingerprint density at radius 3 is 2.64 bits per heavy atom. The zero-order chi connectivity index (χ0) is 10.8. The highest BCUT2D eigenvalue weighted by Crippen LogP contribution is 2.16. The maximum atomic E-state index is 11.5. The van der Waals surface area contributed by atoms with Crippen LogP contribution in [0.2, 0.25) is 0 Å². The number of carbonyl (C=O) groups is 1. The van der Waals surface area contributed by atoms with Crippen molar-refractivity contribution in [2.75, 3.05) is 0 Å². The molecule has 1 aromatic heterocycles. The highest BCUT2D eigenvalue weighted by Gasteiger charge is 2.20. The standard InChI is InChI=1S/C9H11BrN2O2/c1-9(2,3)14-8(13)7-6(10)4-11-5-12-7/h4-5H,1-3H3. The van der Waals surface area contributed by atoms with Crippen LogP contribution in [0.3, 0.4) is 0 Å². The third-order valence-electron chi connectivity index (χ3n) is 1.26. The van der Waals surface area contributed by atoms with Crippen LogP contribution in [0, 0.1) is 0 Å². The summed E-state index contributed by atoms with van der Waals surface area (Å²) in [5.41, 5.74) is -0.267. The van der Waals surface area contributed by atoms with Gasteiger partial charge in [0.05, 0.1) is 4.47 Å². The summed E-state index contributed by atoms with van der Waals surface area (Å²) in [6.45, 7) is 5.42. The van der Waals surface area contributed by atoms with Crippen LogP contribution in [-0.2, 0) is 4.74 Å². The molecular weight excluding hydrogens is 248 g/mol. The quantitative estimate of drug-likeness (QED) is 0.725. The summed E-state index contributed by atoms with van der Waals surface area (Å²) in [6, 6.07) is 0. The molecule has 0 aliphatic heterocycles. The molecule has 0 radical (unpaired) electrons. The van der Waals surface area contributed by atoms with Gasteiger partial charge in [-0.15, -0.1) is 0 Å². The fourth-order valence-electron chi connectivity index (χ4n) is 0.789. The topological polar surface area (TPSA) is 52.1 Å². The van der Waals surface area contributed by atoms with Crippen molar-refractivity contribution in [1.82, 2.24) is 9.97 Å². The average molecular weight is 259 g/mol. The second kappa shape index (κ2) is 4.04. The first-order valence-electron chi connectivity index (χ1n) is 4.09. The fourth-order valence-corrected chi connectivity index (χ4v) is 1.17. The van der Waals surface area contributed by atoms with Gasteiger partial charge in [0.1, 0.15) is 11.9 Å². The summed E-state index contributed by atoms with van der Waals surface area (Å²) in [5, 5.41) is 0. The van der Waals surface area contributed by atoms with Gasteiger partial charge in [-0.2, -0.15) is 0 Å². The Morgan fingerprint density at radius 2 is 2.14 bits per heavy atom. The van der Waals surface area contributed by atoms with Crippen molar-refractivity contribution in [2.24, 2.45) is 0 Å². The van der Waals surface area contributed by atoms with E-state index in [1.807, 2.05) is 0 Å². The largest absolute Gasteiger partial charge is 0.455 e. The SMILES string of the molecule is CC(C)(C)OC(=O)c1ncncc1Br. The molecule has 0 amide bonds. The van der Waals surface area contributed by atoms with Gasteiger partial charge < -0.3 is 4.74 Å². The lowest BCUT2D eigenvalue weighted by atomic mass is 10.2. The number of ether oxygens (including phenoxy) is 1. The molecule has 14 heavy (non-hydrogen) atoms. The molecule has 0 spiro atoms. The van der Waals surface area contributed by atoms with E-state index >= 15 is 0 Å². The predicted molar refractivity (Wildman–Crippen MR) is 54.9 cm³/mol. The molecule has 0 atom stereocenters. The van der Waals surface area contributed by atoms with E-state index in [4.69, 9.17) is 4.74 Å². The number of esters is 1. The number of hydrogen-bond donors (Lipinski definition) is 0. The lowest BCUT2D eigenvalue weighted by Crippen LogP contribution is -2.24. The van der Waals surface area contributed by atoms with Gasteiger partial charge in [0.25, 0.3) is 0 Å². The average Bonchev–Trinajstić information content (AvgIpc) is 2.01. The molecule has 5 heteroatoms. The van der Waals surface area contributed by atoms with E-state index in [2.05, 4.69) is 25.9 Å². The molecule has 0 aliphatic rings. The van der Waals surface area contributed by atoms with Crippen LogP contribution in [0.4, 0.5) is 0 Å². The molecule has 76 valence electrons. The Bertz CT molecular complexity index is 347. The lowest BCUT2D eigenvalue weighted by molar-refractivity contribution is 0.00614. The second-order valence-corrected chi connectivity index (χ2v) is 4.58. The third kappa shape index (κ3) is 3.06. The minimum atomic E-state index is -0.512. The highest BCUT2D eigenvalue weighted by atomic mass is 79.9. The molecule has 0 unspecified atom stereocenters. The molecule has 0 aromatic carbocycles. The lowest BCUT2D eigenvalue weighted by Gasteiger charge is -2.19. The van der Waals surface area contributed by atoms with Gasteiger partial charge in [-0.3, -0.25) is 0 Å². The Balaban J connectivity index is 2.86. The Labute approximate surface area is 90.8 Å². The first-order chi connectivity index (χ1) is 6.40. The molecule has 1 aromatic rings. The number of hydrogen-bond acceptors (Lipinski definition) is 4. The zero-order valence-electron chi connectivity index (χ0n) is 8.24. The highest BCUT2D eigenvalue weighted by molar-refractivity contribution is 9.10. The van der Waals surface area contributed by atoms with E-state index in [9.17, 15) is 4.79 Å². The van der Waals surface area contributed by atoms with Crippen molar-refractivity contribution in [2.45, 2.75) is 26.4 Å². The van der Waals surface area contributed by atoms with Crippen molar-refractivity contribution in [1.29, 1.82) is 0 Å². The molecule has 0 N–H and O–H groups in total. The number of aromatic nitrogens is 2. The van der Waals surface area contributed by atoms with E-state index in [0.717, 1.165) is 0 Å². The maximum absolute atomic E-state index is 11.5. The van der Waals surface area contributed by atoms with Gasteiger partial charge in [-0.1, -0.05) is 0 Å². The molecular formula is C9H11BrN2O2. The van der Waals surface area contributed by atoms with Gasteiger partial charge in [-0.05, 0) is 36.7 Å². The van der Waals surface area contributed by atoms with Crippen molar-refractivity contribution in [3.63, 3.8) is 0 Å². The molecule has 1 heterocycles. The van der Waals surface area contributed by atoms with Gasteiger partial charge in [0.15, 0.2) is 5.69 Å². The van der Waals surface area contributed by atoms with Crippen LogP contribution in [-0.4, -0.2) is 21.5 Å². The molecule has 4 nitrogen and oxygen atoms in total. The van der Waals surface area contributed by atoms with Gasteiger partial charge in [0.2, 0.25) is 0 Å². The van der Waals surface area contributed by atoms with Crippen molar-refractivity contribution in [3.05, 3.63) is 22.7 Å². The number of nitrogens with zero attached hydrogens (tertiary/aromatic N) is 2. The van der Waals surface area contributed by atoms with Gasteiger partial charge >= 0.3 is 5.97 Å². The van der Waals surface area contributed by atoms with Crippen LogP contribution in [0.1, 0.15) is 31.3 Å². The minimum Gasteiger partial charge on any atom is -0.455 e. The van der Waals surface area contributed by atoms with Crippen LogP contribution >= 0.6 is 15.9 Å². The Hall–Kier alpha value is -0.970. The summed E-state index contributed by atoms with van der Waals surface area (Å²) < 4.78 is 5.68. The van der Waals surface area contributed by atoms with Crippen molar-refractivity contribution < 1.29 is 9.53 Å². The molecule has 0 saturated heterocycles. The van der Waals surface area contributed by atoms with E-state index in [1.54, 1.807) is 20.8 Å². The Morgan fingerprint density at radius 1 is 1.50 bits per heavy atom. The van der Waals surface area contributed by atoms with Crippen LogP contribution in [0.15, 0.2) is 17.0 Å². The monoisotopic (exact) mass is 258 g/mol. The third-order valence-corrected chi connectivity index (χ3v) is 1.84. The molecule has 0 fully saturated rings. The van der Waals surface area contributed by atoms with Crippen molar-refractivity contribution >= 4 is 21.9 Å². The van der Waals surface area contributed by atoms with E-state index in [0.29, 0.717) is 4.47 Å². The summed E-state index contributed by atoms with van der Waals surface area (Å²) in [7, 11) is 0. The Kier molecular flexibility index (Phi) is 3.21. The minimum absolute atomic E-state index is 0.245. The number of rotatable bonds is 1. The van der Waals surface area contributed by atoms with Crippen LogP contribution in [0.25, 0.3) is 0 Å². The normalized spacial score (nSPS) is 11.1. The number of carbonyl (C=O) groups excluding carboxylic acids is 1. The molecule has 1 rings (SSSR count). The summed E-state index contributed by atoms with van der Waals surface area (Å²) in [4.78, 5) is 19.1. The predicted octanol–water partition coefficient (Wildman–Crippen LogP) is 2.19. The zero-order valence-corrected chi connectivity index (χ0v) is 9.83. The van der Waals surface area contributed by atoms with E-state index in [1.165, 1.54) is 12.5 Å². The van der Waals surface area contributed by atoms with Crippen molar-refractivity contribution in [3.8, 4) is 0 Å². The first kappa shape index (κ1) is 11.1. The van der Waals surface area contributed by atoms with E-state index < -0.39 is 11.6 Å². The van der Waals surface area contributed by atoms with Gasteiger partial charge in [-0.25, -0.2) is 14.8 Å². The first-order valence-corrected chi connectivity index (χ1v) is 4.88. The number of halogens is 1.